The number of likely N-dealkylation sites (N-methyl/N-ethyl adjacent to an activating group) is 1. The average Bonchev–Trinajstić information content (AvgIpc) is 3.15. The van der Waals surface area contributed by atoms with Crippen molar-refractivity contribution in [1.82, 2.24) is 9.88 Å². The molecule has 166 valence electrons. The van der Waals surface area contributed by atoms with E-state index in [1.54, 1.807) is 17.0 Å². The van der Waals surface area contributed by atoms with Gasteiger partial charge in [-0.3, -0.25) is 9.69 Å². The highest BCUT2D eigenvalue weighted by Crippen LogP contribution is 2.33. The number of sulfone groups is 1. The van der Waals surface area contributed by atoms with Gasteiger partial charge in [-0.25, -0.2) is 13.4 Å². The molecule has 0 aliphatic carbocycles. The number of aromatic nitrogens is 1. The molecule has 0 fully saturated rings. The highest BCUT2D eigenvalue weighted by Gasteiger charge is 2.25. The van der Waals surface area contributed by atoms with E-state index in [9.17, 15) is 13.2 Å². The molecule has 0 N–H and O–H groups in total. The maximum absolute atomic E-state index is 13.6. The second-order valence-electron chi connectivity index (χ2n) is 7.67. The van der Waals surface area contributed by atoms with E-state index in [1.807, 2.05) is 38.1 Å². The van der Waals surface area contributed by atoms with Crippen molar-refractivity contribution in [2.45, 2.75) is 32.6 Å². The highest BCUT2D eigenvalue weighted by atomic mass is 32.2. The Balaban J connectivity index is 2.10. The minimum Gasteiger partial charge on any atom is -0.302 e. The maximum Gasteiger partial charge on any atom is 0.260 e. The van der Waals surface area contributed by atoms with E-state index in [4.69, 9.17) is 0 Å². The Hall–Kier alpha value is -2.29. The zero-order valence-corrected chi connectivity index (χ0v) is 20.3. The lowest BCUT2D eigenvalue weighted by atomic mass is 10.0. The minimum atomic E-state index is -3.43. The van der Waals surface area contributed by atoms with Crippen LogP contribution in [0.1, 0.15) is 35.3 Å². The lowest BCUT2D eigenvalue weighted by molar-refractivity contribution is 0.0983. The van der Waals surface area contributed by atoms with Crippen LogP contribution in [0, 0.1) is 13.8 Å². The molecular formula is C23H29N3O3S2. The molecule has 0 bridgehead atoms. The predicted octanol–water partition coefficient (Wildman–Crippen LogP) is 4.31. The third-order valence-corrected chi connectivity index (χ3v) is 7.58. The molecule has 2 aromatic carbocycles. The first-order chi connectivity index (χ1) is 14.7. The van der Waals surface area contributed by atoms with Crippen molar-refractivity contribution < 1.29 is 13.2 Å². The van der Waals surface area contributed by atoms with Gasteiger partial charge in [0, 0.05) is 24.9 Å². The largest absolute Gasteiger partial charge is 0.302 e. The number of hydrogen-bond donors (Lipinski definition) is 0. The molecule has 0 spiro atoms. The van der Waals surface area contributed by atoms with E-state index in [-0.39, 0.29) is 10.8 Å². The van der Waals surface area contributed by atoms with Crippen molar-refractivity contribution in [3.63, 3.8) is 0 Å². The second kappa shape index (κ2) is 9.46. The number of anilines is 1. The Labute approximate surface area is 188 Å². The quantitative estimate of drug-likeness (QED) is 0.502. The molecule has 8 heteroatoms. The molecule has 1 amide bonds. The van der Waals surface area contributed by atoms with Crippen LogP contribution < -0.4 is 4.90 Å². The van der Waals surface area contributed by atoms with Crippen LogP contribution >= 0.6 is 11.3 Å². The standard InChI is InChI=1S/C23H29N3O3S2/c1-6-25(7-2)13-14-26(22(27)18-15-16(3)11-12-17(18)4)23-24-21-19(30-23)9-8-10-20(21)31(5,28)29/h8-12,15H,6-7,13-14H2,1-5H3. The number of carbonyl (C=O) groups is 1. The Morgan fingerprint density at radius 1 is 1.06 bits per heavy atom. The van der Waals surface area contributed by atoms with Crippen LogP contribution in [0.15, 0.2) is 41.3 Å². The lowest BCUT2D eigenvalue weighted by Crippen LogP contribution is -2.39. The number of thiazole rings is 1. The molecule has 0 atom stereocenters. The van der Waals surface area contributed by atoms with Crippen LogP contribution in [0.2, 0.25) is 0 Å². The Kier molecular flexibility index (Phi) is 7.13. The van der Waals surface area contributed by atoms with Crippen molar-refractivity contribution in [3.05, 3.63) is 53.1 Å². The van der Waals surface area contributed by atoms with Crippen LogP contribution in [0.25, 0.3) is 10.2 Å². The van der Waals surface area contributed by atoms with Crippen molar-refractivity contribution in [3.8, 4) is 0 Å². The van der Waals surface area contributed by atoms with E-state index in [1.165, 1.54) is 17.6 Å². The summed E-state index contributed by atoms with van der Waals surface area (Å²) in [5, 5.41) is 0.518. The van der Waals surface area contributed by atoms with Gasteiger partial charge < -0.3 is 4.90 Å². The summed E-state index contributed by atoms with van der Waals surface area (Å²) in [6.07, 6.45) is 1.18. The lowest BCUT2D eigenvalue weighted by Gasteiger charge is -2.25. The van der Waals surface area contributed by atoms with E-state index >= 15 is 0 Å². The van der Waals surface area contributed by atoms with Gasteiger partial charge in [-0.15, -0.1) is 0 Å². The third-order valence-electron chi connectivity index (χ3n) is 5.40. The molecule has 0 aliphatic heterocycles. The highest BCUT2D eigenvalue weighted by molar-refractivity contribution is 7.91. The molecule has 0 saturated carbocycles. The van der Waals surface area contributed by atoms with E-state index < -0.39 is 9.84 Å². The van der Waals surface area contributed by atoms with Gasteiger partial charge in [0.15, 0.2) is 15.0 Å². The fraction of sp³-hybridized carbons (Fsp3) is 0.391. The van der Waals surface area contributed by atoms with Crippen LogP contribution in [0.3, 0.4) is 0 Å². The predicted molar refractivity (Wildman–Crippen MR) is 128 cm³/mol. The summed E-state index contributed by atoms with van der Waals surface area (Å²) >= 11 is 1.35. The van der Waals surface area contributed by atoms with Crippen molar-refractivity contribution in [1.29, 1.82) is 0 Å². The number of hydrogen-bond acceptors (Lipinski definition) is 6. The summed E-state index contributed by atoms with van der Waals surface area (Å²) in [5.41, 5.74) is 2.98. The molecule has 6 nitrogen and oxygen atoms in total. The fourth-order valence-corrected chi connectivity index (χ4v) is 5.42. The van der Waals surface area contributed by atoms with Gasteiger partial charge in [0.25, 0.3) is 5.91 Å². The normalized spacial score (nSPS) is 11.9. The number of fused-ring (bicyclic) bond motifs is 1. The van der Waals surface area contributed by atoms with Gasteiger partial charge >= 0.3 is 0 Å². The maximum atomic E-state index is 13.6. The van der Waals surface area contributed by atoms with E-state index in [0.29, 0.717) is 29.3 Å². The SMILES string of the molecule is CCN(CC)CCN(C(=O)c1cc(C)ccc1C)c1nc2c(S(C)(=O)=O)cccc2s1. The number of para-hydroxylation sites is 1. The average molecular weight is 460 g/mol. The van der Waals surface area contributed by atoms with Gasteiger partial charge in [0.05, 0.1) is 9.60 Å². The van der Waals surface area contributed by atoms with Crippen molar-refractivity contribution in [2.75, 3.05) is 37.3 Å². The summed E-state index contributed by atoms with van der Waals surface area (Å²) in [5.74, 6) is -0.117. The Morgan fingerprint density at radius 2 is 1.77 bits per heavy atom. The molecule has 1 heterocycles. The van der Waals surface area contributed by atoms with Crippen LogP contribution in [-0.4, -0.2) is 56.6 Å². The Bertz CT molecular complexity index is 1200. The summed E-state index contributed by atoms with van der Waals surface area (Å²) < 4.78 is 25.2. The number of benzene rings is 2. The molecule has 0 radical (unpaired) electrons. The number of rotatable bonds is 8. The smallest absolute Gasteiger partial charge is 0.260 e. The topological polar surface area (TPSA) is 70.6 Å². The van der Waals surface area contributed by atoms with Crippen molar-refractivity contribution >= 4 is 42.4 Å². The summed E-state index contributed by atoms with van der Waals surface area (Å²) in [7, 11) is -3.43. The van der Waals surface area contributed by atoms with E-state index in [0.717, 1.165) is 28.9 Å². The van der Waals surface area contributed by atoms with Gasteiger partial charge in [0.1, 0.15) is 5.52 Å². The first-order valence-electron chi connectivity index (χ1n) is 10.4. The zero-order valence-electron chi connectivity index (χ0n) is 18.7. The molecule has 0 aliphatic rings. The molecular weight excluding hydrogens is 430 g/mol. The second-order valence-corrected chi connectivity index (χ2v) is 10.7. The monoisotopic (exact) mass is 459 g/mol. The number of aryl methyl sites for hydroxylation is 2. The molecule has 3 rings (SSSR count). The van der Waals surface area contributed by atoms with Gasteiger partial charge in [0.2, 0.25) is 0 Å². The van der Waals surface area contributed by atoms with Crippen LogP contribution in [-0.2, 0) is 9.84 Å². The zero-order chi connectivity index (χ0) is 22.8. The first-order valence-corrected chi connectivity index (χ1v) is 13.1. The first kappa shape index (κ1) is 23.4. The molecule has 0 unspecified atom stereocenters. The van der Waals surface area contributed by atoms with Gasteiger partial charge in [-0.05, 0) is 50.7 Å². The summed E-state index contributed by atoms with van der Waals surface area (Å²) in [6, 6.07) is 11.0. The van der Waals surface area contributed by atoms with Crippen LogP contribution in [0.4, 0.5) is 5.13 Å². The fourth-order valence-electron chi connectivity index (χ4n) is 3.50. The number of nitrogens with zero attached hydrogens (tertiary/aromatic N) is 3. The number of amides is 1. The van der Waals surface area contributed by atoms with Gasteiger partial charge in [-0.2, -0.15) is 0 Å². The molecule has 3 aromatic rings. The minimum absolute atomic E-state index is 0.117. The van der Waals surface area contributed by atoms with Crippen molar-refractivity contribution in [2.24, 2.45) is 0 Å². The number of carbonyl (C=O) groups excluding carboxylic acids is 1. The van der Waals surface area contributed by atoms with E-state index in [2.05, 4.69) is 23.7 Å². The van der Waals surface area contributed by atoms with Gasteiger partial charge in [-0.1, -0.05) is 48.9 Å². The Morgan fingerprint density at radius 3 is 2.42 bits per heavy atom. The molecule has 1 aromatic heterocycles. The molecule has 0 saturated heterocycles. The third kappa shape index (κ3) is 5.14. The van der Waals surface area contributed by atoms with Crippen LogP contribution in [0.5, 0.6) is 0 Å². The summed E-state index contributed by atoms with van der Waals surface area (Å²) in [6.45, 7) is 11.0. The molecule has 31 heavy (non-hydrogen) atoms. The summed E-state index contributed by atoms with van der Waals surface area (Å²) in [4.78, 5) is 22.4.